The Hall–Kier alpha value is -3.89. The van der Waals surface area contributed by atoms with Crippen molar-refractivity contribution in [3.63, 3.8) is 0 Å². The predicted octanol–water partition coefficient (Wildman–Crippen LogP) is 3.58. The van der Waals surface area contributed by atoms with Crippen LogP contribution in [0.25, 0.3) is 5.69 Å². The van der Waals surface area contributed by atoms with Crippen LogP contribution in [0.3, 0.4) is 0 Å². The monoisotopic (exact) mass is 417 g/mol. The van der Waals surface area contributed by atoms with Crippen LogP contribution in [-0.2, 0) is 0 Å². The van der Waals surface area contributed by atoms with Crippen molar-refractivity contribution >= 4 is 11.6 Å². The molecule has 0 spiro atoms. The number of aromatic nitrogens is 3. The Kier molecular flexibility index (Phi) is 6.00. The lowest BCUT2D eigenvalue weighted by atomic mass is 10.1. The van der Waals surface area contributed by atoms with Gasteiger partial charge < -0.3 is 10.1 Å². The SMILES string of the molecule is Cc1c(C(=O)NC(C)c2cccc(OC(F)F)c2)nnn1-c1cccc([N+](=O)[O-])c1. The third-order valence-corrected chi connectivity index (χ3v) is 4.33. The Morgan fingerprint density at radius 3 is 2.67 bits per heavy atom. The molecule has 0 radical (unpaired) electrons. The number of nitrogens with one attached hydrogen (secondary N) is 1. The van der Waals surface area contributed by atoms with Gasteiger partial charge in [0, 0.05) is 12.1 Å². The summed E-state index contributed by atoms with van der Waals surface area (Å²) in [5.74, 6) is -0.548. The zero-order valence-corrected chi connectivity index (χ0v) is 16.0. The van der Waals surface area contributed by atoms with Crippen LogP contribution in [0.2, 0.25) is 0 Å². The van der Waals surface area contributed by atoms with Crippen LogP contribution in [0.4, 0.5) is 14.5 Å². The minimum atomic E-state index is -2.95. The number of carbonyl (C=O) groups excluding carboxylic acids is 1. The van der Waals surface area contributed by atoms with Crippen molar-refractivity contribution in [2.75, 3.05) is 0 Å². The summed E-state index contributed by atoms with van der Waals surface area (Å²) < 4.78 is 30.5. The van der Waals surface area contributed by atoms with Crippen molar-refractivity contribution in [3.05, 3.63) is 75.6 Å². The fourth-order valence-electron chi connectivity index (χ4n) is 2.83. The van der Waals surface area contributed by atoms with E-state index < -0.39 is 23.5 Å². The van der Waals surface area contributed by atoms with Crippen LogP contribution in [-0.4, -0.2) is 32.4 Å². The van der Waals surface area contributed by atoms with Gasteiger partial charge in [0.1, 0.15) is 5.75 Å². The summed E-state index contributed by atoms with van der Waals surface area (Å²) in [6, 6.07) is 11.2. The van der Waals surface area contributed by atoms with Gasteiger partial charge >= 0.3 is 6.61 Å². The highest BCUT2D eigenvalue weighted by molar-refractivity contribution is 5.93. The molecule has 11 heteroatoms. The molecule has 3 aromatic rings. The van der Waals surface area contributed by atoms with Crippen molar-refractivity contribution in [1.82, 2.24) is 20.3 Å². The summed E-state index contributed by atoms with van der Waals surface area (Å²) in [5, 5.41) is 21.5. The van der Waals surface area contributed by atoms with Crippen LogP contribution < -0.4 is 10.1 Å². The maximum Gasteiger partial charge on any atom is 0.387 e. The molecule has 0 saturated heterocycles. The molecule has 156 valence electrons. The van der Waals surface area contributed by atoms with E-state index in [-0.39, 0.29) is 17.1 Å². The number of hydrogen-bond acceptors (Lipinski definition) is 6. The molecule has 9 nitrogen and oxygen atoms in total. The molecular weight excluding hydrogens is 400 g/mol. The molecule has 0 fully saturated rings. The summed E-state index contributed by atoms with van der Waals surface area (Å²) in [5.41, 5.74) is 1.25. The minimum Gasteiger partial charge on any atom is -0.435 e. The number of amides is 1. The number of nitrogens with zero attached hydrogens (tertiary/aromatic N) is 4. The van der Waals surface area contributed by atoms with Gasteiger partial charge in [-0.1, -0.05) is 23.4 Å². The van der Waals surface area contributed by atoms with Gasteiger partial charge in [-0.05, 0) is 37.6 Å². The number of alkyl halides is 2. The zero-order chi connectivity index (χ0) is 21.8. The number of non-ortho nitro benzene ring substituents is 1. The predicted molar refractivity (Wildman–Crippen MR) is 102 cm³/mol. The lowest BCUT2D eigenvalue weighted by Gasteiger charge is -2.15. The number of nitro groups is 1. The van der Waals surface area contributed by atoms with Crippen molar-refractivity contribution in [2.45, 2.75) is 26.5 Å². The normalized spacial score (nSPS) is 11.9. The van der Waals surface area contributed by atoms with E-state index in [0.717, 1.165) is 0 Å². The number of ether oxygens (including phenoxy) is 1. The summed E-state index contributed by atoms with van der Waals surface area (Å²) in [7, 11) is 0. The van der Waals surface area contributed by atoms with E-state index in [2.05, 4.69) is 20.4 Å². The zero-order valence-electron chi connectivity index (χ0n) is 16.0. The maximum absolute atomic E-state index is 12.6. The molecule has 2 aromatic carbocycles. The second-order valence-electron chi connectivity index (χ2n) is 6.36. The van der Waals surface area contributed by atoms with Gasteiger partial charge in [0.25, 0.3) is 11.6 Å². The second kappa shape index (κ2) is 8.64. The molecule has 0 bridgehead atoms. The molecule has 30 heavy (non-hydrogen) atoms. The summed E-state index contributed by atoms with van der Waals surface area (Å²) in [6.07, 6.45) is 0. The average molecular weight is 417 g/mol. The summed E-state index contributed by atoms with van der Waals surface area (Å²) in [4.78, 5) is 23.1. The largest absolute Gasteiger partial charge is 0.435 e. The van der Waals surface area contributed by atoms with Gasteiger partial charge in [-0.3, -0.25) is 14.9 Å². The molecule has 0 aliphatic rings. The fourth-order valence-corrected chi connectivity index (χ4v) is 2.83. The van der Waals surface area contributed by atoms with E-state index in [9.17, 15) is 23.7 Å². The Morgan fingerprint density at radius 1 is 1.23 bits per heavy atom. The second-order valence-corrected chi connectivity index (χ2v) is 6.36. The van der Waals surface area contributed by atoms with Gasteiger partial charge in [0.2, 0.25) is 0 Å². The van der Waals surface area contributed by atoms with Gasteiger partial charge in [-0.2, -0.15) is 8.78 Å². The van der Waals surface area contributed by atoms with Gasteiger partial charge in [-0.25, -0.2) is 4.68 Å². The third kappa shape index (κ3) is 4.57. The van der Waals surface area contributed by atoms with E-state index in [4.69, 9.17) is 0 Å². The van der Waals surface area contributed by atoms with E-state index in [0.29, 0.717) is 16.9 Å². The highest BCUT2D eigenvalue weighted by Crippen LogP contribution is 2.22. The van der Waals surface area contributed by atoms with Gasteiger partial charge in [-0.15, -0.1) is 5.10 Å². The Morgan fingerprint density at radius 2 is 1.97 bits per heavy atom. The van der Waals surface area contributed by atoms with Crippen molar-refractivity contribution in [3.8, 4) is 11.4 Å². The first-order valence-corrected chi connectivity index (χ1v) is 8.79. The molecule has 0 saturated carbocycles. The number of benzene rings is 2. The molecule has 1 unspecified atom stereocenters. The highest BCUT2D eigenvalue weighted by atomic mass is 19.3. The van der Waals surface area contributed by atoms with E-state index in [1.807, 2.05) is 0 Å². The van der Waals surface area contributed by atoms with E-state index in [1.165, 1.54) is 35.0 Å². The van der Waals surface area contributed by atoms with Gasteiger partial charge in [0.05, 0.1) is 22.3 Å². The maximum atomic E-state index is 12.6. The van der Waals surface area contributed by atoms with Gasteiger partial charge in [0.15, 0.2) is 5.69 Å². The molecular formula is C19H17F2N5O4. The molecule has 0 aliphatic carbocycles. The molecule has 1 heterocycles. The van der Waals surface area contributed by atoms with Crippen LogP contribution in [0, 0.1) is 17.0 Å². The minimum absolute atomic E-state index is 0.0172. The number of nitro benzene ring substituents is 1. The average Bonchev–Trinajstić information content (AvgIpc) is 3.09. The fraction of sp³-hybridized carbons (Fsp3) is 0.211. The molecule has 1 amide bonds. The molecule has 0 aliphatic heterocycles. The third-order valence-electron chi connectivity index (χ3n) is 4.33. The van der Waals surface area contributed by atoms with Crippen LogP contribution in [0.15, 0.2) is 48.5 Å². The lowest BCUT2D eigenvalue weighted by molar-refractivity contribution is -0.384. The molecule has 3 rings (SSSR count). The van der Waals surface area contributed by atoms with E-state index in [1.54, 1.807) is 32.0 Å². The smallest absolute Gasteiger partial charge is 0.387 e. The first-order chi connectivity index (χ1) is 14.3. The number of hydrogen-bond donors (Lipinski definition) is 1. The Balaban J connectivity index is 1.78. The van der Waals surface area contributed by atoms with Crippen molar-refractivity contribution in [1.29, 1.82) is 0 Å². The standard InChI is InChI=1S/C19H17F2N5O4/c1-11(13-5-3-8-16(9-13)30-19(20)21)22-18(27)17-12(2)25(24-23-17)14-6-4-7-15(10-14)26(28)29/h3-11,19H,1-2H3,(H,22,27). The van der Waals surface area contributed by atoms with Crippen LogP contribution >= 0.6 is 0 Å². The quantitative estimate of drug-likeness (QED) is 0.465. The molecule has 1 N–H and O–H groups in total. The topological polar surface area (TPSA) is 112 Å². The summed E-state index contributed by atoms with van der Waals surface area (Å²) >= 11 is 0. The first-order valence-electron chi connectivity index (χ1n) is 8.79. The molecule has 1 aromatic heterocycles. The van der Waals surface area contributed by atoms with Crippen LogP contribution in [0.5, 0.6) is 5.75 Å². The number of carbonyl (C=O) groups is 1. The molecule has 1 atom stereocenters. The lowest BCUT2D eigenvalue weighted by Crippen LogP contribution is -2.27. The van der Waals surface area contributed by atoms with Crippen molar-refractivity contribution in [2.24, 2.45) is 0 Å². The highest BCUT2D eigenvalue weighted by Gasteiger charge is 2.20. The Labute approximate surface area is 169 Å². The number of halogens is 2. The summed E-state index contributed by atoms with van der Waals surface area (Å²) in [6.45, 7) is 0.339. The Bertz CT molecular complexity index is 1090. The number of rotatable bonds is 7. The van der Waals surface area contributed by atoms with Crippen LogP contribution in [0.1, 0.15) is 34.7 Å². The van der Waals surface area contributed by atoms with E-state index >= 15 is 0 Å². The van der Waals surface area contributed by atoms with Crippen molar-refractivity contribution < 1.29 is 23.2 Å². The first kappa shape index (κ1) is 20.8.